The fraction of sp³-hybridized carbons (Fsp3) is 0.852. The monoisotopic (exact) mass is 559 g/mol. The summed E-state index contributed by atoms with van der Waals surface area (Å²) in [7, 11) is -3.20. The first kappa shape index (κ1) is 32.9. The summed E-state index contributed by atoms with van der Waals surface area (Å²) < 4.78 is 35.8. The van der Waals surface area contributed by atoms with Crippen molar-refractivity contribution >= 4 is 13.6 Å². The van der Waals surface area contributed by atoms with Crippen LogP contribution in [0, 0.1) is 0 Å². The second kappa shape index (κ2) is 18.1. The van der Waals surface area contributed by atoms with Crippen LogP contribution in [0.2, 0.25) is 0 Å². The molecule has 1 fully saturated rings. The second-order valence-electron chi connectivity index (χ2n) is 10.2. The molecule has 1 aromatic heterocycles. The third-order valence-corrected chi connectivity index (χ3v) is 8.08. The Balaban J connectivity index is 1.78. The van der Waals surface area contributed by atoms with Gasteiger partial charge in [-0.3, -0.25) is 13.6 Å². The Hall–Kier alpha value is -1.29. The third kappa shape index (κ3) is 11.4. The maximum Gasteiger partial charge on any atom is 0.472 e. The van der Waals surface area contributed by atoms with E-state index in [1.807, 2.05) is 6.92 Å². The Morgan fingerprint density at radius 3 is 2.03 bits per heavy atom. The van der Waals surface area contributed by atoms with Gasteiger partial charge in [-0.1, -0.05) is 97.3 Å². The molecule has 220 valence electrons. The fourth-order valence-corrected chi connectivity index (χ4v) is 5.55. The number of ether oxygens (including phenoxy) is 2. The van der Waals surface area contributed by atoms with E-state index in [-0.39, 0.29) is 5.82 Å². The largest absolute Gasteiger partial charge is 0.472 e. The van der Waals surface area contributed by atoms with Crippen molar-refractivity contribution in [2.45, 2.75) is 135 Å². The molecule has 3 unspecified atom stereocenters. The van der Waals surface area contributed by atoms with Crippen LogP contribution in [0.3, 0.4) is 0 Å². The van der Waals surface area contributed by atoms with Gasteiger partial charge >= 0.3 is 13.5 Å². The normalized spacial score (nSPS) is 23.1. The van der Waals surface area contributed by atoms with Gasteiger partial charge in [-0.15, -0.1) is 0 Å². The quantitative estimate of drug-likeness (QED) is 0.135. The van der Waals surface area contributed by atoms with Gasteiger partial charge in [0.25, 0.3) is 0 Å². The van der Waals surface area contributed by atoms with E-state index in [2.05, 4.69) is 16.4 Å². The van der Waals surface area contributed by atoms with Crippen LogP contribution in [-0.2, 0) is 23.1 Å². The molecule has 0 spiro atoms. The van der Waals surface area contributed by atoms with Crippen molar-refractivity contribution in [3.63, 3.8) is 0 Å². The van der Waals surface area contributed by atoms with Crippen molar-refractivity contribution in [2.75, 3.05) is 19.5 Å². The number of nitrogen functional groups attached to an aromatic ring is 1. The summed E-state index contributed by atoms with van der Waals surface area (Å²) in [6.45, 7) is 4.54. The SMILES string of the molecule is CCCCCCCCCCCCCCCCOC1C(OP(=O)(O)OC)[C@@H](CC)O[C@H]1n1ccc(N)nc1=O. The summed E-state index contributed by atoms with van der Waals surface area (Å²) in [6, 6.07) is 1.50. The highest BCUT2D eigenvalue weighted by molar-refractivity contribution is 7.47. The van der Waals surface area contributed by atoms with Crippen LogP contribution >= 0.6 is 7.82 Å². The van der Waals surface area contributed by atoms with Crippen molar-refractivity contribution in [3.05, 3.63) is 22.7 Å². The summed E-state index contributed by atoms with van der Waals surface area (Å²) in [4.78, 5) is 26.2. The fourth-order valence-electron chi connectivity index (χ4n) is 4.90. The molecule has 0 amide bonds. The Labute approximate surface area is 228 Å². The van der Waals surface area contributed by atoms with Crippen molar-refractivity contribution < 1.29 is 28.0 Å². The molecule has 1 aliphatic heterocycles. The molecule has 10 nitrogen and oxygen atoms in total. The molecule has 3 N–H and O–H groups in total. The van der Waals surface area contributed by atoms with Crippen molar-refractivity contribution in [3.8, 4) is 0 Å². The van der Waals surface area contributed by atoms with E-state index in [9.17, 15) is 14.3 Å². The Morgan fingerprint density at radius 1 is 0.974 bits per heavy atom. The average molecular weight is 560 g/mol. The van der Waals surface area contributed by atoms with Crippen molar-refractivity contribution in [1.29, 1.82) is 0 Å². The molecule has 1 aliphatic rings. The minimum atomic E-state index is -4.31. The molecular weight excluding hydrogens is 509 g/mol. The number of nitrogens with zero attached hydrogens (tertiary/aromatic N) is 2. The van der Waals surface area contributed by atoms with Crippen LogP contribution in [0.5, 0.6) is 0 Å². The lowest BCUT2D eigenvalue weighted by atomic mass is 10.0. The Bertz CT molecular complexity index is 884. The molecule has 1 saturated heterocycles. The number of rotatable bonds is 21. The molecule has 2 heterocycles. The van der Waals surface area contributed by atoms with Crippen molar-refractivity contribution in [1.82, 2.24) is 9.55 Å². The first-order chi connectivity index (χ1) is 18.3. The predicted molar refractivity (Wildman–Crippen MR) is 149 cm³/mol. The van der Waals surface area contributed by atoms with Gasteiger partial charge in [0, 0.05) is 19.9 Å². The number of nitrogens with two attached hydrogens (primary N) is 1. The van der Waals surface area contributed by atoms with Gasteiger partial charge in [-0.05, 0) is 18.9 Å². The summed E-state index contributed by atoms with van der Waals surface area (Å²) in [5, 5.41) is 0. The lowest BCUT2D eigenvalue weighted by Crippen LogP contribution is -2.39. The van der Waals surface area contributed by atoms with Crippen LogP contribution in [0.15, 0.2) is 17.1 Å². The molecule has 11 heteroatoms. The zero-order valence-electron chi connectivity index (χ0n) is 23.6. The molecule has 1 aromatic rings. The first-order valence-corrected chi connectivity index (χ1v) is 16.0. The summed E-state index contributed by atoms with van der Waals surface area (Å²) in [5.41, 5.74) is 5.05. The molecule has 0 aromatic carbocycles. The molecule has 0 bridgehead atoms. The number of phosphoric acid groups is 1. The van der Waals surface area contributed by atoms with E-state index in [0.29, 0.717) is 13.0 Å². The molecule has 2 rings (SSSR count). The van der Waals surface area contributed by atoms with Crippen molar-refractivity contribution in [2.24, 2.45) is 0 Å². The van der Waals surface area contributed by atoms with Gasteiger partial charge in [0.15, 0.2) is 6.23 Å². The molecule has 0 aliphatic carbocycles. The highest BCUT2D eigenvalue weighted by Gasteiger charge is 2.49. The number of unbranched alkanes of at least 4 members (excludes halogenated alkanes) is 13. The van der Waals surface area contributed by atoms with E-state index in [1.165, 1.54) is 87.5 Å². The van der Waals surface area contributed by atoms with Gasteiger partial charge in [0.1, 0.15) is 18.0 Å². The second-order valence-corrected chi connectivity index (χ2v) is 11.7. The smallest absolute Gasteiger partial charge is 0.383 e. The average Bonchev–Trinajstić information content (AvgIpc) is 3.22. The summed E-state index contributed by atoms with van der Waals surface area (Å²) in [6.07, 6.45) is 16.5. The lowest BCUT2D eigenvalue weighted by Gasteiger charge is -2.26. The molecular formula is C27H50N3O7P. The molecule has 0 saturated carbocycles. The lowest BCUT2D eigenvalue weighted by molar-refractivity contribution is -0.0710. The van der Waals surface area contributed by atoms with Crippen LogP contribution in [0.4, 0.5) is 5.82 Å². The van der Waals surface area contributed by atoms with Crippen LogP contribution in [0.25, 0.3) is 0 Å². The predicted octanol–water partition coefficient (Wildman–Crippen LogP) is 6.13. The number of aromatic nitrogens is 2. The molecule has 5 atom stereocenters. The number of phosphoric ester groups is 1. The molecule has 38 heavy (non-hydrogen) atoms. The van der Waals surface area contributed by atoms with Gasteiger partial charge in [0.2, 0.25) is 0 Å². The topological polar surface area (TPSA) is 135 Å². The Kier molecular flexibility index (Phi) is 15.7. The van der Waals surface area contributed by atoms with Crippen LogP contribution < -0.4 is 11.4 Å². The number of anilines is 1. The number of hydrogen-bond donors (Lipinski definition) is 2. The van der Waals surface area contributed by atoms with Gasteiger partial charge < -0.3 is 20.1 Å². The zero-order valence-corrected chi connectivity index (χ0v) is 24.5. The summed E-state index contributed by atoms with van der Waals surface area (Å²) >= 11 is 0. The van der Waals surface area contributed by atoms with E-state index < -0.39 is 38.1 Å². The summed E-state index contributed by atoms with van der Waals surface area (Å²) in [5.74, 6) is 0.100. The van der Waals surface area contributed by atoms with E-state index in [0.717, 1.165) is 26.4 Å². The first-order valence-electron chi connectivity index (χ1n) is 14.5. The van der Waals surface area contributed by atoms with Gasteiger partial charge in [-0.25, -0.2) is 9.36 Å². The van der Waals surface area contributed by atoms with Crippen LogP contribution in [0.1, 0.15) is 116 Å². The third-order valence-electron chi connectivity index (χ3n) is 7.11. The highest BCUT2D eigenvalue weighted by Crippen LogP contribution is 2.48. The standard InChI is InChI=1S/C27H50N3O7P/c1-4-6-7-8-9-10-11-12-13-14-15-16-17-18-21-35-25-24(37-38(32,33)34-3)22(5-2)36-26(25)30-20-19-23(28)29-27(30)31/h19-20,22,24-26H,4-18,21H2,1-3H3,(H,32,33)(H2,28,29,31)/t22-,24?,25?,26-/m1/s1. The van der Waals surface area contributed by atoms with E-state index in [4.69, 9.17) is 19.7 Å². The Morgan fingerprint density at radius 2 is 1.53 bits per heavy atom. The van der Waals surface area contributed by atoms with E-state index >= 15 is 0 Å². The molecule has 0 radical (unpaired) electrons. The maximum atomic E-state index is 12.5. The zero-order chi connectivity index (χ0) is 27.8. The van der Waals surface area contributed by atoms with Crippen LogP contribution in [-0.4, -0.2) is 46.5 Å². The number of hydrogen-bond acceptors (Lipinski definition) is 8. The van der Waals surface area contributed by atoms with E-state index in [1.54, 1.807) is 0 Å². The minimum Gasteiger partial charge on any atom is -0.383 e. The highest BCUT2D eigenvalue weighted by atomic mass is 31.2. The van der Waals surface area contributed by atoms with Gasteiger partial charge in [0.05, 0.1) is 6.10 Å². The minimum absolute atomic E-state index is 0.100. The maximum absolute atomic E-state index is 12.5. The van der Waals surface area contributed by atoms with Gasteiger partial charge in [-0.2, -0.15) is 4.98 Å².